The predicted molar refractivity (Wildman–Crippen MR) is 61.7 cm³/mol. The van der Waals surface area contributed by atoms with E-state index in [4.69, 9.17) is 21.1 Å². The van der Waals surface area contributed by atoms with Crippen LogP contribution >= 0.6 is 11.6 Å². The highest BCUT2D eigenvalue weighted by Crippen LogP contribution is 2.31. The molecule has 6 heteroatoms. The molecule has 0 aliphatic rings. The fourth-order valence-electron chi connectivity index (χ4n) is 1.42. The van der Waals surface area contributed by atoms with Crippen molar-refractivity contribution in [1.29, 1.82) is 0 Å². The van der Waals surface area contributed by atoms with Crippen LogP contribution < -0.4 is 0 Å². The van der Waals surface area contributed by atoms with Crippen molar-refractivity contribution in [3.05, 3.63) is 51.2 Å². The Balaban J connectivity index is 2.46. The third kappa shape index (κ3) is 2.30. The van der Waals surface area contributed by atoms with Crippen LogP contribution in [-0.4, -0.2) is 10.0 Å². The fraction of sp³-hybridized carbons (Fsp3) is 0.0909. The summed E-state index contributed by atoms with van der Waals surface area (Å²) in [5, 5.41) is 19.7. The molecule has 1 N–H and O–H groups in total. The van der Waals surface area contributed by atoms with Gasteiger partial charge in [-0.3, -0.25) is 10.1 Å². The number of hydrogen-bond donors (Lipinski definition) is 1. The molecule has 0 saturated carbocycles. The average Bonchev–Trinajstić information content (AvgIpc) is 2.78. The quantitative estimate of drug-likeness (QED) is 0.674. The summed E-state index contributed by atoms with van der Waals surface area (Å²) in [7, 11) is 0. The summed E-state index contributed by atoms with van der Waals surface area (Å²) in [5.41, 5.74) is 0.368. The molecule has 1 aromatic heterocycles. The molecule has 1 heterocycles. The van der Waals surface area contributed by atoms with E-state index in [9.17, 15) is 10.1 Å². The van der Waals surface area contributed by atoms with Gasteiger partial charge < -0.3 is 9.52 Å². The van der Waals surface area contributed by atoms with Gasteiger partial charge in [0.2, 0.25) is 0 Å². The molecule has 0 saturated heterocycles. The van der Waals surface area contributed by atoms with Crippen molar-refractivity contribution < 1.29 is 14.4 Å². The monoisotopic (exact) mass is 253 g/mol. The number of rotatable bonds is 3. The van der Waals surface area contributed by atoms with Crippen LogP contribution in [0.3, 0.4) is 0 Å². The zero-order valence-corrected chi connectivity index (χ0v) is 9.35. The van der Waals surface area contributed by atoms with Gasteiger partial charge in [-0.15, -0.1) is 0 Å². The van der Waals surface area contributed by atoms with Gasteiger partial charge in [-0.1, -0.05) is 11.6 Å². The summed E-state index contributed by atoms with van der Waals surface area (Å²) < 4.78 is 5.28. The topological polar surface area (TPSA) is 76.5 Å². The largest absolute Gasteiger partial charge is 0.459 e. The van der Waals surface area contributed by atoms with Crippen LogP contribution in [-0.2, 0) is 6.61 Å². The molecule has 1 aromatic carbocycles. The van der Waals surface area contributed by atoms with E-state index < -0.39 is 4.92 Å². The average molecular weight is 254 g/mol. The van der Waals surface area contributed by atoms with E-state index in [2.05, 4.69) is 0 Å². The van der Waals surface area contributed by atoms with Crippen LogP contribution in [0.5, 0.6) is 0 Å². The van der Waals surface area contributed by atoms with E-state index in [1.54, 1.807) is 18.2 Å². The third-order valence-corrected chi connectivity index (χ3v) is 2.56. The first-order valence-corrected chi connectivity index (χ1v) is 5.13. The van der Waals surface area contributed by atoms with Crippen LogP contribution in [0.2, 0.25) is 5.02 Å². The Bertz CT molecular complexity index is 564. The Morgan fingerprint density at radius 3 is 2.71 bits per heavy atom. The van der Waals surface area contributed by atoms with Crippen molar-refractivity contribution in [2.45, 2.75) is 6.61 Å². The fourth-order valence-corrected chi connectivity index (χ4v) is 1.61. The summed E-state index contributed by atoms with van der Waals surface area (Å²) in [4.78, 5) is 10.2. The lowest BCUT2D eigenvalue weighted by molar-refractivity contribution is -0.384. The normalized spacial score (nSPS) is 10.5. The smallest absolute Gasteiger partial charge is 0.288 e. The first-order chi connectivity index (χ1) is 8.11. The molecule has 2 aromatic rings. The maximum Gasteiger partial charge on any atom is 0.288 e. The van der Waals surface area contributed by atoms with Crippen LogP contribution in [0.15, 0.2) is 34.7 Å². The molecule has 0 aliphatic heterocycles. The molecule has 0 unspecified atom stereocenters. The molecule has 5 nitrogen and oxygen atoms in total. The van der Waals surface area contributed by atoms with E-state index in [0.717, 1.165) is 0 Å². The molecule has 0 atom stereocenters. The minimum Gasteiger partial charge on any atom is -0.459 e. The van der Waals surface area contributed by atoms with Gasteiger partial charge in [0, 0.05) is 11.6 Å². The van der Waals surface area contributed by atoms with Gasteiger partial charge in [-0.05, 0) is 24.3 Å². The summed E-state index contributed by atoms with van der Waals surface area (Å²) in [6.45, 7) is -0.213. The lowest BCUT2D eigenvalue weighted by Gasteiger charge is -1.99. The van der Waals surface area contributed by atoms with Gasteiger partial charge in [0.15, 0.2) is 0 Å². The lowest BCUT2D eigenvalue weighted by Crippen LogP contribution is -1.89. The van der Waals surface area contributed by atoms with Gasteiger partial charge >= 0.3 is 0 Å². The number of benzene rings is 1. The minimum absolute atomic E-state index is 0.0766. The Labute approximate surface area is 101 Å². The van der Waals surface area contributed by atoms with Crippen LogP contribution in [0, 0.1) is 10.1 Å². The van der Waals surface area contributed by atoms with Crippen LogP contribution in [0.25, 0.3) is 11.3 Å². The standard InChI is InChI=1S/C11H8ClNO4/c12-9-3-1-7(5-10(9)13(15)16)11-4-2-8(6-14)17-11/h1-5,14H,6H2. The van der Waals surface area contributed by atoms with E-state index in [1.165, 1.54) is 12.1 Å². The van der Waals surface area contributed by atoms with E-state index in [-0.39, 0.29) is 17.3 Å². The van der Waals surface area contributed by atoms with Crippen molar-refractivity contribution in [3.63, 3.8) is 0 Å². The number of aliphatic hydroxyl groups is 1. The second-order valence-electron chi connectivity index (χ2n) is 3.35. The van der Waals surface area contributed by atoms with Crippen LogP contribution in [0.1, 0.15) is 5.76 Å². The summed E-state index contributed by atoms with van der Waals surface area (Å²) in [6, 6.07) is 7.64. The zero-order valence-electron chi connectivity index (χ0n) is 8.59. The Hall–Kier alpha value is -1.85. The number of halogens is 1. The van der Waals surface area contributed by atoms with Gasteiger partial charge in [-0.2, -0.15) is 0 Å². The Morgan fingerprint density at radius 2 is 2.12 bits per heavy atom. The van der Waals surface area contributed by atoms with E-state index >= 15 is 0 Å². The zero-order chi connectivity index (χ0) is 12.4. The highest BCUT2D eigenvalue weighted by Gasteiger charge is 2.14. The summed E-state index contributed by atoms with van der Waals surface area (Å²) >= 11 is 5.70. The molecule has 0 bridgehead atoms. The number of nitrogens with zero attached hydrogens (tertiary/aromatic N) is 1. The van der Waals surface area contributed by atoms with Crippen molar-refractivity contribution >= 4 is 17.3 Å². The third-order valence-electron chi connectivity index (χ3n) is 2.24. The van der Waals surface area contributed by atoms with Crippen molar-refractivity contribution in [2.75, 3.05) is 0 Å². The number of aliphatic hydroxyl groups excluding tert-OH is 1. The van der Waals surface area contributed by atoms with E-state index in [0.29, 0.717) is 17.1 Å². The van der Waals surface area contributed by atoms with Gasteiger partial charge in [0.1, 0.15) is 23.2 Å². The van der Waals surface area contributed by atoms with Gasteiger partial charge in [0.25, 0.3) is 5.69 Å². The number of nitro benzene ring substituents is 1. The second-order valence-corrected chi connectivity index (χ2v) is 3.75. The molecule has 0 fully saturated rings. The molecule has 0 spiro atoms. The molecule has 0 radical (unpaired) electrons. The van der Waals surface area contributed by atoms with Crippen molar-refractivity contribution in [2.24, 2.45) is 0 Å². The summed E-state index contributed by atoms with van der Waals surface area (Å²) in [6.07, 6.45) is 0. The van der Waals surface area contributed by atoms with Gasteiger partial charge in [0.05, 0.1) is 4.92 Å². The number of hydrogen-bond acceptors (Lipinski definition) is 4. The van der Waals surface area contributed by atoms with Crippen molar-refractivity contribution in [3.8, 4) is 11.3 Å². The second kappa shape index (κ2) is 4.57. The van der Waals surface area contributed by atoms with Crippen molar-refractivity contribution in [1.82, 2.24) is 0 Å². The van der Waals surface area contributed by atoms with Crippen LogP contribution in [0.4, 0.5) is 5.69 Å². The molecule has 17 heavy (non-hydrogen) atoms. The number of nitro groups is 1. The highest BCUT2D eigenvalue weighted by molar-refractivity contribution is 6.32. The number of furan rings is 1. The molecular formula is C11H8ClNO4. The lowest BCUT2D eigenvalue weighted by atomic mass is 10.1. The minimum atomic E-state index is -0.554. The first kappa shape index (κ1) is 11.6. The first-order valence-electron chi connectivity index (χ1n) is 4.75. The maximum absolute atomic E-state index is 10.7. The molecule has 0 aliphatic carbocycles. The Kier molecular flexibility index (Phi) is 3.12. The van der Waals surface area contributed by atoms with Gasteiger partial charge in [-0.25, -0.2) is 0 Å². The molecule has 88 valence electrons. The maximum atomic E-state index is 10.7. The highest BCUT2D eigenvalue weighted by atomic mass is 35.5. The molecular weight excluding hydrogens is 246 g/mol. The SMILES string of the molecule is O=[N+]([O-])c1cc(-c2ccc(CO)o2)ccc1Cl. The summed E-state index contributed by atoms with van der Waals surface area (Å²) in [5.74, 6) is 0.853. The molecule has 2 rings (SSSR count). The predicted octanol–water partition coefficient (Wildman–Crippen LogP) is 3.00. The Morgan fingerprint density at radius 1 is 1.35 bits per heavy atom. The van der Waals surface area contributed by atoms with E-state index in [1.807, 2.05) is 0 Å². The molecule has 0 amide bonds.